The first-order chi connectivity index (χ1) is 24.6. The molecule has 1 aliphatic heterocycles. The monoisotopic (exact) mass is 726 g/mol. The molecular formula is C41H62N2O7S. The average Bonchev–Trinajstić information content (AvgIpc) is 3.23. The number of thioether (sulfide) groups is 1. The van der Waals surface area contributed by atoms with Crippen molar-refractivity contribution in [1.82, 2.24) is 5.32 Å². The maximum atomic E-state index is 14.0. The lowest BCUT2D eigenvalue weighted by atomic mass is 9.95. The van der Waals surface area contributed by atoms with Gasteiger partial charge in [-0.05, 0) is 74.3 Å². The summed E-state index contributed by atoms with van der Waals surface area (Å²) in [4.78, 5) is 28.0. The molecule has 2 aliphatic rings. The van der Waals surface area contributed by atoms with Crippen LogP contribution in [0.3, 0.4) is 0 Å². The third-order valence-electron chi connectivity index (χ3n) is 10.3. The summed E-state index contributed by atoms with van der Waals surface area (Å²) < 4.78 is 29.9. The fraction of sp³-hybridized carbons (Fsp3) is 0.659. The molecule has 0 spiro atoms. The van der Waals surface area contributed by atoms with E-state index in [1.165, 1.54) is 76.0 Å². The Kier molecular flexibility index (Phi) is 16.0. The average molecular weight is 727 g/mol. The standard InChI is InChI=1S/C41H62N2O7S/c1-8-9-10-11-12-13-14-15-16-17-18-19-20-32-37(50-41(2,3)49-32)36(42)40(45)43-30-23-21-27-25-33(46-4)38(47-5)39(48-6)35(27)28-22-24-34(51-7)31(44)26-29(28)30/h22,24-26,30,32,36-37H,8-21,23,42H2,1-7H3,(H,43,45)/t30-,32+,36+,37+/m0/s1. The largest absolute Gasteiger partial charge is 0.493 e. The van der Waals surface area contributed by atoms with Crippen LogP contribution in [0.5, 0.6) is 17.2 Å². The second-order valence-corrected chi connectivity index (χ2v) is 15.2. The van der Waals surface area contributed by atoms with Crippen LogP contribution in [0.2, 0.25) is 0 Å². The van der Waals surface area contributed by atoms with E-state index in [4.69, 9.17) is 29.4 Å². The number of fused-ring (bicyclic) bond motifs is 3. The van der Waals surface area contributed by atoms with Gasteiger partial charge in [-0.1, -0.05) is 90.0 Å². The zero-order valence-electron chi connectivity index (χ0n) is 32.1. The van der Waals surface area contributed by atoms with Crippen molar-refractivity contribution in [3.8, 4) is 28.4 Å². The molecule has 0 aromatic heterocycles. The third-order valence-corrected chi connectivity index (χ3v) is 11.0. The van der Waals surface area contributed by atoms with E-state index in [9.17, 15) is 9.59 Å². The number of nitrogens with two attached hydrogens (primary N) is 1. The Morgan fingerprint density at radius 2 is 1.55 bits per heavy atom. The summed E-state index contributed by atoms with van der Waals surface area (Å²) in [6.45, 7) is 6.01. The van der Waals surface area contributed by atoms with Crippen molar-refractivity contribution < 1.29 is 28.5 Å². The molecule has 4 atom stereocenters. The molecule has 10 heteroatoms. The summed E-state index contributed by atoms with van der Waals surface area (Å²) in [5.41, 5.74) is 9.85. The number of aryl methyl sites for hydroxylation is 1. The van der Waals surface area contributed by atoms with Crippen LogP contribution in [0.15, 0.2) is 34.0 Å². The van der Waals surface area contributed by atoms with Gasteiger partial charge in [0.25, 0.3) is 0 Å². The minimum absolute atomic E-state index is 0.119. The van der Waals surface area contributed by atoms with E-state index < -0.39 is 24.0 Å². The zero-order valence-corrected chi connectivity index (χ0v) is 32.9. The van der Waals surface area contributed by atoms with E-state index in [1.807, 2.05) is 38.3 Å². The minimum Gasteiger partial charge on any atom is -0.493 e. The first kappa shape index (κ1) is 41.0. The highest BCUT2D eigenvalue weighted by atomic mass is 32.2. The molecule has 3 N–H and O–H groups in total. The summed E-state index contributed by atoms with van der Waals surface area (Å²) in [7, 11) is 4.76. The van der Waals surface area contributed by atoms with Gasteiger partial charge in [0.2, 0.25) is 11.7 Å². The number of hydrogen-bond acceptors (Lipinski definition) is 9. The summed E-state index contributed by atoms with van der Waals surface area (Å²) in [5.74, 6) is 0.353. The van der Waals surface area contributed by atoms with Gasteiger partial charge in [-0.2, -0.15) is 0 Å². The smallest absolute Gasteiger partial charge is 0.240 e. The van der Waals surface area contributed by atoms with Crippen molar-refractivity contribution in [2.75, 3.05) is 27.6 Å². The van der Waals surface area contributed by atoms with Crippen LogP contribution in [0.1, 0.15) is 128 Å². The van der Waals surface area contributed by atoms with E-state index >= 15 is 0 Å². The Bertz CT molecular complexity index is 1500. The Morgan fingerprint density at radius 1 is 0.922 bits per heavy atom. The molecule has 2 aromatic rings. The van der Waals surface area contributed by atoms with E-state index in [0.29, 0.717) is 40.5 Å². The molecule has 284 valence electrons. The van der Waals surface area contributed by atoms with Crippen LogP contribution < -0.4 is 30.7 Å². The number of ether oxygens (including phenoxy) is 5. The van der Waals surface area contributed by atoms with Crippen molar-refractivity contribution in [2.45, 2.75) is 152 Å². The molecule has 4 rings (SSSR count). The van der Waals surface area contributed by atoms with Gasteiger partial charge in [-0.3, -0.25) is 9.59 Å². The fourth-order valence-corrected chi connectivity index (χ4v) is 8.08. The fourth-order valence-electron chi connectivity index (χ4n) is 7.61. The minimum atomic E-state index is -0.955. The Morgan fingerprint density at radius 3 is 2.14 bits per heavy atom. The third kappa shape index (κ3) is 10.6. The van der Waals surface area contributed by atoms with E-state index in [-0.39, 0.29) is 17.4 Å². The predicted octanol–water partition coefficient (Wildman–Crippen LogP) is 8.50. The van der Waals surface area contributed by atoms with Crippen molar-refractivity contribution in [1.29, 1.82) is 0 Å². The SMILES string of the molecule is CCCCCCCCCCCCCC[C@H]1OC(C)(C)O[C@H]1[C@@H](N)C(=O)N[C@H]1CCc2cc(OC)c(OC)c(OC)c2-c2ccc(SC)c(=O)cc21. The highest BCUT2D eigenvalue weighted by Gasteiger charge is 2.46. The predicted molar refractivity (Wildman–Crippen MR) is 206 cm³/mol. The molecule has 0 unspecified atom stereocenters. The van der Waals surface area contributed by atoms with Gasteiger partial charge >= 0.3 is 0 Å². The summed E-state index contributed by atoms with van der Waals surface area (Å²) in [5, 5.41) is 3.21. The van der Waals surface area contributed by atoms with Gasteiger partial charge in [-0.15, -0.1) is 11.8 Å². The first-order valence-corrected chi connectivity index (χ1v) is 20.3. The van der Waals surface area contributed by atoms with Gasteiger partial charge in [0.1, 0.15) is 12.1 Å². The Balaban J connectivity index is 1.46. The van der Waals surface area contributed by atoms with Crippen molar-refractivity contribution >= 4 is 17.7 Å². The number of methoxy groups -OCH3 is 3. The highest BCUT2D eigenvalue weighted by molar-refractivity contribution is 7.98. The molecule has 0 radical (unpaired) electrons. The number of benzene rings is 1. The van der Waals surface area contributed by atoms with Crippen LogP contribution in [0, 0.1) is 0 Å². The van der Waals surface area contributed by atoms with Crippen LogP contribution in [0.25, 0.3) is 11.1 Å². The molecule has 0 bridgehead atoms. The van der Waals surface area contributed by atoms with E-state index in [2.05, 4.69) is 12.2 Å². The Labute approximate surface area is 310 Å². The maximum absolute atomic E-state index is 14.0. The number of unbranched alkanes of at least 4 members (excludes halogenated alkanes) is 11. The number of carbonyl (C=O) groups excluding carboxylic acids is 1. The highest BCUT2D eigenvalue weighted by Crippen LogP contribution is 2.50. The van der Waals surface area contributed by atoms with Gasteiger partial charge in [0.15, 0.2) is 22.7 Å². The molecule has 1 saturated heterocycles. The van der Waals surface area contributed by atoms with E-state index in [1.54, 1.807) is 27.4 Å². The molecule has 1 heterocycles. The van der Waals surface area contributed by atoms with Crippen LogP contribution >= 0.6 is 11.8 Å². The zero-order chi connectivity index (χ0) is 37.0. The second kappa shape index (κ2) is 19.9. The molecular weight excluding hydrogens is 665 g/mol. The normalized spacial score (nSPS) is 19.8. The van der Waals surface area contributed by atoms with Gasteiger partial charge in [0, 0.05) is 5.56 Å². The number of carbonyl (C=O) groups is 1. The summed E-state index contributed by atoms with van der Waals surface area (Å²) in [6.07, 6.45) is 18.2. The number of hydrogen-bond donors (Lipinski definition) is 2. The van der Waals surface area contributed by atoms with Crippen molar-refractivity contribution in [2.24, 2.45) is 5.73 Å². The van der Waals surface area contributed by atoms with Crippen LogP contribution in [-0.2, 0) is 20.7 Å². The number of amides is 1. The number of rotatable bonds is 20. The maximum Gasteiger partial charge on any atom is 0.240 e. The molecule has 51 heavy (non-hydrogen) atoms. The summed E-state index contributed by atoms with van der Waals surface area (Å²) >= 11 is 1.38. The lowest BCUT2D eigenvalue weighted by molar-refractivity contribution is -0.150. The molecule has 0 saturated carbocycles. The van der Waals surface area contributed by atoms with Gasteiger partial charge in [0.05, 0.1) is 38.4 Å². The topological polar surface area (TPSA) is 118 Å². The van der Waals surface area contributed by atoms with Gasteiger partial charge in [-0.25, -0.2) is 0 Å². The van der Waals surface area contributed by atoms with Crippen molar-refractivity contribution in [3.05, 3.63) is 45.6 Å². The Hall–Kier alpha value is -2.79. The quantitative estimate of drug-likeness (QED) is 0.102. The lowest BCUT2D eigenvalue weighted by Crippen LogP contribution is -2.52. The second-order valence-electron chi connectivity index (χ2n) is 14.4. The molecule has 1 fully saturated rings. The first-order valence-electron chi connectivity index (χ1n) is 19.0. The molecule has 1 aliphatic carbocycles. The van der Waals surface area contributed by atoms with Crippen molar-refractivity contribution in [3.63, 3.8) is 0 Å². The van der Waals surface area contributed by atoms with Crippen LogP contribution in [0.4, 0.5) is 0 Å². The molecule has 2 aromatic carbocycles. The lowest BCUT2D eigenvalue weighted by Gasteiger charge is -2.26. The molecule has 1 amide bonds. The molecule has 9 nitrogen and oxygen atoms in total. The summed E-state index contributed by atoms with van der Waals surface area (Å²) in [6, 6.07) is 5.90. The van der Waals surface area contributed by atoms with Crippen LogP contribution in [-0.4, -0.2) is 57.5 Å². The van der Waals surface area contributed by atoms with E-state index in [0.717, 1.165) is 36.0 Å². The van der Waals surface area contributed by atoms with Gasteiger partial charge < -0.3 is 34.7 Å². The number of nitrogens with one attached hydrogen (secondary N) is 1.